The van der Waals surface area contributed by atoms with Crippen LogP contribution < -0.4 is 20.4 Å². The van der Waals surface area contributed by atoms with Crippen LogP contribution >= 0.6 is 0 Å². The molecule has 0 saturated heterocycles. The summed E-state index contributed by atoms with van der Waals surface area (Å²) >= 11 is 0. The summed E-state index contributed by atoms with van der Waals surface area (Å²) in [7, 11) is 0. The molecule has 2 radical (unpaired) electrons. The first-order chi connectivity index (χ1) is 18.3. The standard InChI is InChI=1S/4C4H6O6.2Cu/c4*5-2(1-3(6)7)4(8)10-9;;/h4*2,5,9H,1H2,(H,6,7);;/q;;;;2*+2/p-4. The summed E-state index contributed by atoms with van der Waals surface area (Å²) in [6.07, 6.45) is -11.0. The SMILES string of the molecule is O=C([O-])CC(O)C(=O)OO.O=C([O-])CC(O)C(=O)OO.O=C([O-])CC(O)C(=O)OO.O=C([O-])CC(O)C(=O)OO.[Cu+2].[Cu+2]. The van der Waals surface area contributed by atoms with Gasteiger partial charge in [-0.25, -0.2) is 19.2 Å². The average Bonchev–Trinajstić information content (AvgIpc) is 2.85. The van der Waals surface area contributed by atoms with Crippen LogP contribution in [0.1, 0.15) is 25.7 Å². The van der Waals surface area contributed by atoms with Gasteiger partial charge in [0.2, 0.25) is 0 Å². The maximum Gasteiger partial charge on any atom is 2.00 e. The zero-order chi connectivity index (χ0) is 32.6. The molecule has 0 aliphatic heterocycles. The van der Waals surface area contributed by atoms with Crippen molar-refractivity contribution in [3.8, 4) is 0 Å². The van der Waals surface area contributed by atoms with E-state index in [4.69, 9.17) is 41.5 Å². The minimum Gasteiger partial charge on any atom is -0.550 e. The largest absolute Gasteiger partial charge is 2.00 e. The van der Waals surface area contributed by atoms with Crippen LogP contribution in [0.3, 0.4) is 0 Å². The number of aliphatic hydroxyl groups is 4. The summed E-state index contributed by atoms with van der Waals surface area (Å²) in [6.45, 7) is 0. The van der Waals surface area contributed by atoms with Crippen molar-refractivity contribution in [2.75, 3.05) is 0 Å². The van der Waals surface area contributed by atoms with Crippen LogP contribution in [0.5, 0.6) is 0 Å². The number of carbonyl (C=O) groups excluding carboxylic acids is 8. The third-order valence-corrected chi connectivity index (χ3v) is 2.89. The van der Waals surface area contributed by atoms with E-state index in [0.29, 0.717) is 0 Å². The molecule has 0 bridgehead atoms. The first kappa shape index (κ1) is 51.2. The molecule has 0 spiro atoms. The molecule has 0 aliphatic carbocycles. The molecule has 0 aromatic rings. The molecule has 0 heterocycles. The van der Waals surface area contributed by atoms with Gasteiger partial charge in [-0.1, -0.05) is 0 Å². The molecule has 0 saturated carbocycles. The Kier molecular flexibility index (Phi) is 37.1. The number of aliphatic carboxylic acids is 4. The smallest absolute Gasteiger partial charge is 0.550 e. The van der Waals surface area contributed by atoms with Crippen LogP contribution in [0.15, 0.2) is 0 Å². The molecule has 0 fully saturated rings. The van der Waals surface area contributed by atoms with Gasteiger partial charge in [0.05, 0.1) is 0 Å². The maximum atomic E-state index is 10.0. The predicted octanol–water partition coefficient (Wildman–Crippen LogP) is -9.99. The van der Waals surface area contributed by atoms with Crippen molar-refractivity contribution in [1.82, 2.24) is 0 Å². The molecule has 0 rings (SSSR count). The number of carbonyl (C=O) groups is 8. The fourth-order valence-corrected chi connectivity index (χ4v) is 1.21. The molecule has 26 heteroatoms. The predicted molar refractivity (Wildman–Crippen MR) is 97.4 cm³/mol. The molecule has 24 nitrogen and oxygen atoms in total. The van der Waals surface area contributed by atoms with Crippen molar-refractivity contribution < 1.29 is 154 Å². The zero-order valence-electron chi connectivity index (χ0n) is 19.9. The number of hydrogen-bond donors (Lipinski definition) is 8. The first-order valence-electron chi connectivity index (χ1n) is 9.23. The van der Waals surface area contributed by atoms with E-state index in [9.17, 15) is 58.8 Å². The Morgan fingerprint density at radius 3 is 0.595 bits per heavy atom. The van der Waals surface area contributed by atoms with E-state index in [-0.39, 0.29) is 34.1 Å². The summed E-state index contributed by atoms with van der Waals surface area (Å²) in [6, 6.07) is 0. The van der Waals surface area contributed by atoms with Crippen molar-refractivity contribution in [3.63, 3.8) is 0 Å². The van der Waals surface area contributed by atoms with E-state index in [1.807, 2.05) is 0 Å². The Hall–Kier alpha value is -3.52. The third-order valence-electron chi connectivity index (χ3n) is 2.89. The average molecular weight is 723 g/mol. The number of aliphatic hydroxyl groups excluding tert-OH is 4. The Morgan fingerprint density at radius 2 is 0.524 bits per heavy atom. The molecule has 42 heavy (non-hydrogen) atoms. The fraction of sp³-hybridized carbons (Fsp3) is 0.500. The second-order valence-electron chi connectivity index (χ2n) is 6.01. The molecule has 0 aliphatic rings. The van der Waals surface area contributed by atoms with E-state index < -0.39 is 97.9 Å². The van der Waals surface area contributed by atoms with Gasteiger partial charge in [-0.2, -0.15) is 21.0 Å². The zero-order valence-corrected chi connectivity index (χ0v) is 21.7. The normalized spacial score (nSPS) is 11.6. The van der Waals surface area contributed by atoms with E-state index in [0.717, 1.165) is 0 Å². The molecule has 4 unspecified atom stereocenters. The quantitative estimate of drug-likeness (QED) is 0.0401. The van der Waals surface area contributed by atoms with Crippen molar-refractivity contribution in [1.29, 1.82) is 0 Å². The van der Waals surface area contributed by atoms with Gasteiger partial charge in [0.15, 0.2) is 24.4 Å². The molecular formula is C16H20Cu2O24. The van der Waals surface area contributed by atoms with Crippen LogP contribution in [-0.2, 0) is 92.0 Å². The number of carboxylic acids is 4. The monoisotopic (exact) mass is 722 g/mol. The van der Waals surface area contributed by atoms with Crippen molar-refractivity contribution >= 4 is 47.8 Å². The fourth-order valence-electron chi connectivity index (χ4n) is 1.21. The van der Waals surface area contributed by atoms with Crippen LogP contribution in [0, 0.1) is 0 Å². The molecule has 0 amide bonds. The van der Waals surface area contributed by atoms with Gasteiger partial charge in [0, 0.05) is 49.6 Å². The third kappa shape index (κ3) is 34.5. The van der Waals surface area contributed by atoms with Crippen LogP contribution in [0.2, 0.25) is 0 Å². The van der Waals surface area contributed by atoms with E-state index in [1.54, 1.807) is 0 Å². The van der Waals surface area contributed by atoms with Gasteiger partial charge in [0.1, 0.15) is 0 Å². The van der Waals surface area contributed by atoms with Gasteiger partial charge >= 0.3 is 58.0 Å². The molecule has 0 aromatic carbocycles. The van der Waals surface area contributed by atoms with Gasteiger partial charge in [-0.3, -0.25) is 19.6 Å². The number of hydrogen-bond acceptors (Lipinski definition) is 24. The second kappa shape index (κ2) is 30.4. The van der Waals surface area contributed by atoms with E-state index in [2.05, 4.69) is 19.6 Å². The van der Waals surface area contributed by atoms with E-state index in [1.165, 1.54) is 0 Å². The van der Waals surface area contributed by atoms with Crippen molar-refractivity contribution in [2.24, 2.45) is 0 Å². The number of rotatable bonds is 12. The van der Waals surface area contributed by atoms with Gasteiger partial charge in [-0.15, -0.1) is 0 Å². The summed E-state index contributed by atoms with van der Waals surface area (Å²) in [4.78, 5) is 90.9. The van der Waals surface area contributed by atoms with Crippen LogP contribution in [0.25, 0.3) is 0 Å². The molecule has 250 valence electrons. The minimum absolute atomic E-state index is 0. The van der Waals surface area contributed by atoms with Gasteiger partial charge < -0.3 is 60.0 Å². The van der Waals surface area contributed by atoms with Crippen molar-refractivity contribution in [2.45, 2.75) is 50.1 Å². The molecule has 4 atom stereocenters. The Morgan fingerprint density at radius 1 is 0.405 bits per heavy atom. The molecule has 0 aromatic heterocycles. The van der Waals surface area contributed by atoms with Gasteiger partial charge in [-0.05, 0) is 0 Å². The molecular weight excluding hydrogens is 703 g/mol. The summed E-state index contributed by atoms with van der Waals surface area (Å²) in [5.41, 5.74) is 0. The molecule has 8 N–H and O–H groups in total. The van der Waals surface area contributed by atoms with Crippen molar-refractivity contribution in [3.05, 3.63) is 0 Å². The maximum absolute atomic E-state index is 10.0. The second-order valence-corrected chi connectivity index (χ2v) is 6.01. The van der Waals surface area contributed by atoms with Crippen LogP contribution in [0.4, 0.5) is 0 Å². The minimum atomic E-state index is -1.87. The summed E-state index contributed by atoms with van der Waals surface area (Å²) in [5.74, 6) is -12.0. The Balaban J connectivity index is -0.000000101. The summed E-state index contributed by atoms with van der Waals surface area (Å²) < 4.78 is 0. The summed E-state index contributed by atoms with van der Waals surface area (Å²) in [5, 5.41) is 103. The van der Waals surface area contributed by atoms with Gasteiger partial charge in [0.25, 0.3) is 0 Å². The Bertz CT molecular complexity index is 710. The van der Waals surface area contributed by atoms with Crippen LogP contribution in [-0.4, -0.2) is 114 Å². The number of carboxylic acid groups (broad SMARTS) is 4. The Labute approximate surface area is 251 Å². The topological polar surface area (TPSA) is 428 Å². The first-order valence-corrected chi connectivity index (χ1v) is 9.23. The van der Waals surface area contributed by atoms with E-state index >= 15 is 0 Å².